The fraction of sp³-hybridized carbons (Fsp3) is 0.381. The molecule has 0 aliphatic carbocycles. The molecule has 1 N–H and O–H groups in total. The molecule has 1 amide bonds. The standard InChI is InChI=1S/C21H25ClN4O4S2/c1-3-5-13-26(14-6-4-2)32(28,29)16-9-7-15(8-10-16)19(27)23-21-25-24-20(30-21)17-11-12-18(22)31-17/h7-12H,3-6,13-14H2,1-2H3,(H,23,25,27). The van der Waals surface area contributed by atoms with E-state index in [4.69, 9.17) is 16.0 Å². The number of amides is 1. The molecule has 3 rings (SSSR count). The minimum Gasteiger partial charge on any atom is -0.402 e. The smallest absolute Gasteiger partial charge is 0.322 e. The van der Waals surface area contributed by atoms with Gasteiger partial charge in [0.25, 0.3) is 11.8 Å². The number of carbonyl (C=O) groups is 1. The topological polar surface area (TPSA) is 105 Å². The van der Waals surface area contributed by atoms with E-state index in [-0.39, 0.29) is 22.4 Å². The van der Waals surface area contributed by atoms with Gasteiger partial charge in [-0.3, -0.25) is 10.1 Å². The first kappa shape index (κ1) is 24.4. The van der Waals surface area contributed by atoms with Crippen LogP contribution in [0, 0.1) is 0 Å². The van der Waals surface area contributed by atoms with Crippen LogP contribution in [0.2, 0.25) is 4.34 Å². The minimum absolute atomic E-state index is 0.0588. The summed E-state index contributed by atoms with van der Waals surface area (Å²) in [5.41, 5.74) is 0.275. The van der Waals surface area contributed by atoms with Gasteiger partial charge in [-0.25, -0.2) is 8.42 Å². The molecule has 0 aliphatic rings. The molecule has 0 saturated heterocycles. The van der Waals surface area contributed by atoms with Crippen LogP contribution in [0.15, 0.2) is 45.7 Å². The number of nitrogens with zero attached hydrogens (tertiary/aromatic N) is 3. The summed E-state index contributed by atoms with van der Waals surface area (Å²) >= 11 is 7.19. The third-order valence-electron chi connectivity index (χ3n) is 4.71. The summed E-state index contributed by atoms with van der Waals surface area (Å²) < 4.78 is 33.6. The van der Waals surface area contributed by atoms with Crippen molar-refractivity contribution in [3.63, 3.8) is 0 Å². The van der Waals surface area contributed by atoms with Gasteiger partial charge in [-0.2, -0.15) is 4.31 Å². The zero-order valence-electron chi connectivity index (χ0n) is 17.9. The van der Waals surface area contributed by atoms with E-state index in [1.54, 1.807) is 12.1 Å². The maximum atomic E-state index is 13.0. The summed E-state index contributed by atoms with van der Waals surface area (Å²) in [5.74, 6) is -0.236. The van der Waals surface area contributed by atoms with Crippen molar-refractivity contribution < 1.29 is 17.6 Å². The van der Waals surface area contributed by atoms with Gasteiger partial charge in [0.1, 0.15) is 0 Å². The van der Waals surface area contributed by atoms with Crippen molar-refractivity contribution in [3.8, 4) is 10.8 Å². The predicted octanol–water partition coefficient (Wildman–Crippen LogP) is 5.29. The molecule has 3 aromatic rings. The Morgan fingerprint density at radius 1 is 1.06 bits per heavy atom. The number of sulfonamides is 1. The van der Waals surface area contributed by atoms with Crippen LogP contribution in [-0.4, -0.2) is 41.9 Å². The zero-order valence-corrected chi connectivity index (χ0v) is 20.3. The molecule has 1 aromatic carbocycles. The first-order chi connectivity index (χ1) is 15.3. The van der Waals surface area contributed by atoms with E-state index in [1.165, 1.54) is 39.9 Å². The molecule has 0 aliphatic heterocycles. The Hall–Kier alpha value is -2.27. The Labute approximate surface area is 196 Å². The molecule has 0 fully saturated rings. The second-order valence-corrected chi connectivity index (χ2v) is 10.8. The van der Waals surface area contributed by atoms with Crippen LogP contribution in [0.3, 0.4) is 0 Å². The number of carbonyl (C=O) groups excluding carboxylic acids is 1. The number of unbranched alkanes of at least 4 members (excludes halogenated alkanes) is 2. The second-order valence-electron chi connectivity index (χ2n) is 7.11. The van der Waals surface area contributed by atoms with Crippen molar-refractivity contribution >= 4 is 44.9 Å². The fourth-order valence-corrected chi connectivity index (χ4v) is 5.40. The average Bonchev–Trinajstić information content (AvgIpc) is 3.42. The first-order valence-corrected chi connectivity index (χ1v) is 13.0. The molecule has 2 heterocycles. The highest BCUT2D eigenvalue weighted by Gasteiger charge is 2.24. The van der Waals surface area contributed by atoms with Crippen LogP contribution >= 0.6 is 22.9 Å². The Kier molecular flexibility index (Phi) is 8.41. The molecular formula is C21H25ClN4O4S2. The maximum Gasteiger partial charge on any atom is 0.322 e. The molecule has 0 bridgehead atoms. The fourth-order valence-electron chi connectivity index (χ4n) is 2.92. The van der Waals surface area contributed by atoms with Crippen LogP contribution in [0.25, 0.3) is 10.8 Å². The van der Waals surface area contributed by atoms with Crippen LogP contribution in [-0.2, 0) is 10.0 Å². The highest BCUT2D eigenvalue weighted by molar-refractivity contribution is 7.89. The molecule has 0 spiro atoms. The van der Waals surface area contributed by atoms with Gasteiger partial charge < -0.3 is 4.42 Å². The van der Waals surface area contributed by atoms with Gasteiger partial charge in [0.2, 0.25) is 10.0 Å². The quantitative estimate of drug-likeness (QED) is 0.386. The van der Waals surface area contributed by atoms with E-state index in [1.807, 2.05) is 13.8 Å². The van der Waals surface area contributed by atoms with Crippen molar-refractivity contribution in [2.24, 2.45) is 0 Å². The summed E-state index contributed by atoms with van der Waals surface area (Å²) in [6.07, 6.45) is 3.42. The maximum absolute atomic E-state index is 13.0. The number of hydrogen-bond donors (Lipinski definition) is 1. The van der Waals surface area contributed by atoms with Crippen LogP contribution in [0.4, 0.5) is 6.01 Å². The molecule has 0 saturated carbocycles. The Morgan fingerprint density at radius 2 is 1.72 bits per heavy atom. The highest BCUT2D eigenvalue weighted by Crippen LogP contribution is 2.30. The largest absolute Gasteiger partial charge is 0.402 e. The second kappa shape index (κ2) is 11.0. The van der Waals surface area contributed by atoms with Gasteiger partial charge in [0.05, 0.1) is 14.1 Å². The third kappa shape index (κ3) is 5.94. The Bertz CT molecular complexity index is 1130. The molecule has 172 valence electrons. The van der Waals surface area contributed by atoms with Crippen molar-refractivity contribution in [2.75, 3.05) is 18.4 Å². The molecular weight excluding hydrogens is 472 g/mol. The number of halogens is 1. The van der Waals surface area contributed by atoms with Crippen LogP contribution in [0.5, 0.6) is 0 Å². The van der Waals surface area contributed by atoms with E-state index < -0.39 is 15.9 Å². The van der Waals surface area contributed by atoms with Crippen molar-refractivity contribution in [1.82, 2.24) is 14.5 Å². The van der Waals surface area contributed by atoms with Gasteiger partial charge in [-0.1, -0.05) is 43.4 Å². The molecule has 32 heavy (non-hydrogen) atoms. The minimum atomic E-state index is -3.62. The number of thiophene rings is 1. The van der Waals surface area contributed by atoms with E-state index in [0.717, 1.165) is 25.7 Å². The predicted molar refractivity (Wildman–Crippen MR) is 126 cm³/mol. The summed E-state index contributed by atoms with van der Waals surface area (Å²) in [6, 6.07) is 9.23. The lowest BCUT2D eigenvalue weighted by atomic mass is 10.2. The van der Waals surface area contributed by atoms with Crippen molar-refractivity contribution in [2.45, 2.75) is 44.4 Å². The van der Waals surface area contributed by atoms with Crippen LogP contribution in [0.1, 0.15) is 49.9 Å². The average molecular weight is 497 g/mol. The van der Waals surface area contributed by atoms with Crippen molar-refractivity contribution in [3.05, 3.63) is 46.3 Å². The van der Waals surface area contributed by atoms with Crippen molar-refractivity contribution in [1.29, 1.82) is 0 Å². The van der Waals surface area contributed by atoms with Gasteiger partial charge >= 0.3 is 6.01 Å². The Morgan fingerprint density at radius 3 is 2.28 bits per heavy atom. The number of aromatic nitrogens is 2. The zero-order chi connectivity index (χ0) is 23.1. The van der Waals surface area contributed by atoms with Gasteiger partial charge in [-0.05, 0) is 49.2 Å². The summed E-state index contributed by atoms with van der Waals surface area (Å²) in [5, 5.41) is 10.2. The van der Waals surface area contributed by atoms with E-state index in [9.17, 15) is 13.2 Å². The lowest BCUT2D eigenvalue weighted by Crippen LogP contribution is -2.33. The van der Waals surface area contributed by atoms with E-state index >= 15 is 0 Å². The molecule has 0 atom stereocenters. The van der Waals surface area contributed by atoms with E-state index in [2.05, 4.69) is 15.5 Å². The number of hydrogen-bond acceptors (Lipinski definition) is 7. The molecule has 2 aromatic heterocycles. The summed E-state index contributed by atoms with van der Waals surface area (Å²) in [6.45, 7) is 5.02. The number of rotatable bonds is 11. The molecule has 0 unspecified atom stereocenters. The number of benzene rings is 1. The molecule has 11 heteroatoms. The van der Waals surface area contributed by atoms with Crippen LogP contribution < -0.4 is 5.32 Å². The number of anilines is 1. The third-order valence-corrected chi connectivity index (χ3v) is 7.84. The van der Waals surface area contributed by atoms with Gasteiger partial charge in [0, 0.05) is 18.7 Å². The molecule has 0 radical (unpaired) electrons. The van der Waals surface area contributed by atoms with E-state index in [0.29, 0.717) is 22.3 Å². The number of nitrogens with one attached hydrogen (secondary N) is 1. The lowest BCUT2D eigenvalue weighted by molar-refractivity contribution is 0.102. The summed E-state index contributed by atoms with van der Waals surface area (Å²) in [4.78, 5) is 13.4. The monoisotopic (exact) mass is 496 g/mol. The Balaban J connectivity index is 1.70. The molecule has 8 nitrogen and oxygen atoms in total. The lowest BCUT2D eigenvalue weighted by Gasteiger charge is -2.22. The summed E-state index contributed by atoms with van der Waals surface area (Å²) in [7, 11) is -3.62. The first-order valence-electron chi connectivity index (χ1n) is 10.4. The normalized spacial score (nSPS) is 11.8. The highest BCUT2D eigenvalue weighted by atomic mass is 35.5. The van der Waals surface area contributed by atoms with Gasteiger partial charge in [0.15, 0.2) is 0 Å². The SMILES string of the molecule is CCCCN(CCCC)S(=O)(=O)c1ccc(C(=O)Nc2nnc(-c3ccc(Cl)s3)o2)cc1. The van der Waals surface area contributed by atoms with Gasteiger partial charge in [-0.15, -0.1) is 16.4 Å².